The zero-order valence-corrected chi connectivity index (χ0v) is 11.2. The predicted octanol–water partition coefficient (Wildman–Crippen LogP) is 0.365. The molecule has 1 N–H and O–H groups in total. The first-order valence-electron chi connectivity index (χ1n) is 3.85. The van der Waals surface area contributed by atoms with Gasteiger partial charge < -0.3 is 0 Å². The van der Waals surface area contributed by atoms with Gasteiger partial charge in [0.25, 0.3) is 0 Å². The van der Waals surface area contributed by atoms with E-state index >= 15 is 0 Å². The van der Waals surface area contributed by atoms with Gasteiger partial charge in [0, 0.05) is 40.4 Å². The Bertz CT molecular complexity index is 340. The van der Waals surface area contributed by atoms with Gasteiger partial charge in [0.2, 0.25) is 0 Å². The molecule has 13 heavy (non-hydrogen) atoms. The summed E-state index contributed by atoms with van der Waals surface area (Å²) in [5.41, 5.74) is 2.19. The fourth-order valence-corrected chi connectivity index (χ4v) is 1.80. The van der Waals surface area contributed by atoms with Crippen molar-refractivity contribution in [2.75, 3.05) is 5.32 Å². The van der Waals surface area contributed by atoms with Gasteiger partial charge in [-0.15, -0.1) is 0 Å². The molecule has 4 heteroatoms. The van der Waals surface area contributed by atoms with Gasteiger partial charge in [0.15, 0.2) is 0 Å². The molecule has 1 heterocycles. The average molecular weight is 375 g/mol. The molecule has 0 unspecified atom stereocenters. The van der Waals surface area contributed by atoms with E-state index in [-0.39, 0.29) is 46.3 Å². The predicted molar refractivity (Wildman–Crippen MR) is 48.8 cm³/mol. The molecule has 1 radical (unpaired) electrons. The summed E-state index contributed by atoms with van der Waals surface area (Å²) in [6, 6.07) is 5.98. The molecule has 0 saturated carbocycles. The van der Waals surface area contributed by atoms with Crippen molar-refractivity contribution >= 4 is 32.1 Å². The van der Waals surface area contributed by atoms with E-state index in [1.165, 1.54) is 5.56 Å². The van der Waals surface area contributed by atoms with E-state index in [0.29, 0.717) is 6.42 Å². The van der Waals surface area contributed by atoms with E-state index in [1.807, 2.05) is 12.1 Å². The zero-order chi connectivity index (χ0) is 8.55. The van der Waals surface area contributed by atoms with Crippen LogP contribution in [0.2, 0.25) is 0 Å². The SMILES string of the molecule is O=C1CCc2cc([Se])ccc2N1.[Sm]. The molecule has 0 saturated heterocycles. The zero-order valence-electron chi connectivity index (χ0n) is 6.87. The van der Waals surface area contributed by atoms with E-state index in [2.05, 4.69) is 27.4 Å². The topological polar surface area (TPSA) is 29.1 Å². The van der Waals surface area contributed by atoms with E-state index in [1.54, 1.807) is 0 Å². The van der Waals surface area contributed by atoms with Crippen molar-refractivity contribution in [2.24, 2.45) is 0 Å². The maximum absolute atomic E-state index is 11.0. The van der Waals surface area contributed by atoms with Crippen LogP contribution in [0.3, 0.4) is 0 Å². The van der Waals surface area contributed by atoms with E-state index < -0.39 is 0 Å². The fraction of sp³-hybridized carbons (Fsp3) is 0.222. The molecule has 1 aromatic carbocycles. The minimum atomic E-state index is 0. The number of carbonyl (C=O) groups excluding carboxylic acids is 1. The smallest absolute Gasteiger partial charge is 0 e. The molecule has 0 aromatic heterocycles. The molecule has 2 nitrogen and oxygen atoms in total. The quantitative estimate of drug-likeness (QED) is 0.652. The van der Waals surface area contributed by atoms with Crippen LogP contribution >= 0.6 is 0 Å². The van der Waals surface area contributed by atoms with Crippen LogP contribution in [0, 0.1) is 40.4 Å². The number of anilines is 1. The van der Waals surface area contributed by atoms with Crippen molar-refractivity contribution in [3.8, 4) is 0 Å². The summed E-state index contributed by atoms with van der Waals surface area (Å²) in [5, 5.41) is 2.83. The molecule has 1 aliphatic heterocycles. The van der Waals surface area contributed by atoms with Gasteiger partial charge in [-0.3, -0.25) is 0 Å². The number of rotatable bonds is 0. The number of aryl methyl sites for hydroxylation is 1. The minimum Gasteiger partial charge on any atom is 0 e. The number of hydrogen-bond acceptors (Lipinski definition) is 1. The second kappa shape index (κ2) is 4.86. The molecular formula is C9H8NOSeSm. The molecule has 0 fully saturated rings. The molecule has 1 aliphatic rings. The molecule has 0 atom stereocenters. The number of fused-ring (bicyclic) bond motifs is 1. The van der Waals surface area contributed by atoms with Crippen molar-refractivity contribution in [1.82, 2.24) is 0 Å². The second-order valence-corrected chi connectivity index (χ2v) is 3.86. The number of amides is 1. The summed E-state index contributed by atoms with van der Waals surface area (Å²) < 4.78 is 1.13. The monoisotopic (exact) mass is 378 g/mol. The molecule has 1 amide bonds. The van der Waals surface area contributed by atoms with Crippen LogP contribution in [-0.4, -0.2) is 21.9 Å². The summed E-state index contributed by atoms with van der Waals surface area (Å²) in [7, 11) is 0. The second-order valence-electron chi connectivity index (χ2n) is 2.87. The standard InChI is InChI=1S/C9H8NOSe.Sm/c11-9-4-1-6-5-7(12)2-3-8(6)10-9;/h2-3,5H,1,4H2,(H,10,11);. The minimum absolute atomic E-state index is 0. The molecule has 0 aliphatic carbocycles. The Morgan fingerprint density at radius 2 is 2.08 bits per heavy atom. The maximum Gasteiger partial charge on any atom is 0 e. The third-order valence-electron chi connectivity index (χ3n) is 1.97. The molecular weight excluding hydrogens is 367 g/mol. The van der Waals surface area contributed by atoms with Crippen LogP contribution in [0.25, 0.3) is 0 Å². The van der Waals surface area contributed by atoms with Gasteiger partial charge in [0.1, 0.15) is 0 Å². The van der Waals surface area contributed by atoms with Gasteiger partial charge in [-0.05, 0) is 0 Å². The Balaban J connectivity index is 0.000000845. The number of carbonyl (C=O) groups is 1. The first-order valence-corrected chi connectivity index (χ1v) is 4.71. The molecule has 1 aromatic rings. The average Bonchev–Trinajstić information content (AvgIpc) is 2.05. The number of hydrogen-bond donors (Lipinski definition) is 1. The van der Waals surface area contributed by atoms with Crippen molar-refractivity contribution in [3.63, 3.8) is 0 Å². The Hall–Kier alpha value is 0.547. The molecule has 2 rings (SSSR count). The Morgan fingerprint density at radius 3 is 2.85 bits per heavy atom. The van der Waals surface area contributed by atoms with E-state index in [0.717, 1.165) is 16.6 Å². The number of nitrogens with one attached hydrogen (secondary N) is 1. The van der Waals surface area contributed by atoms with E-state index in [4.69, 9.17) is 0 Å². The Kier molecular flexibility index (Phi) is 4.35. The van der Waals surface area contributed by atoms with Crippen LogP contribution < -0.4 is 9.78 Å². The molecule has 67 valence electrons. The van der Waals surface area contributed by atoms with Gasteiger partial charge in [-0.1, -0.05) is 0 Å². The van der Waals surface area contributed by atoms with Crippen LogP contribution in [0.5, 0.6) is 0 Å². The van der Waals surface area contributed by atoms with Crippen LogP contribution in [0.1, 0.15) is 12.0 Å². The van der Waals surface area contributed by atoms with Crippen LogP contribution in [0.4, 0.5) is 5.69 Å². The molecule has 0 bridgehead atoms. The van der Waals surface area contributed by atoms with Crippen molar-refractivity contribution in [2.45, 2.75) is 12.8 Å². The van der Waals surface area contributed by atoms with Crippen molar-refractivity contribution in [1.29, 1.82) is 0 Å². The Morgan fingerprint density at radius 1 is 1.31 bits per heavy atom. The first kappa shape index (κ1) is 11.6. The summed E-state index contributed by atoms with van der Waals surface area (Å²) in [6.07, 6.45) is 1.47. The third-order valence-corrected chi connectivity index (χ3v) is 2.50. The summed E-state index contributed by atoms with van der Waals surface area (Å²) in [4.78, 5) is 11.0. The van der Waals surface area contributed by atoms with Gasteiger partial charge in [0.05, 0.1) is 0 Å². The normalized spacial score (nSPS) is 14.0. The van der Waals surface area contributed by atoms with Crippen molar-refractivity contribution < 1.29 is 45.2 Å². The van der Waals surface area contributed by atoms with Gasteiger partial charge in [-0.25, -0.2) is 0 Å². The van der Waals surface area contributed by atoms with Crippen molar-refractivity contribution in [3.05, 3.63) is 23.8 Å². The van der Waals surface area contributed by atoms with Gasteiger partial charge in [-0.2, -0.15) is 0 Å². The van der Waals surface area contributed by atoms with Crippen LogP contribution in [-0.2, 0) is 11.2 Å². The number of benzene rings is 1. The van der Waals surface area contributed by atoms with Gasteiger partial charge >= 0.3 is 78.8 Å². The summed E-state index contributed by atoms with van der Waals surface area (Å²) in [6.45, 7) is 0. The van der Waals surface area contributed by atoms with E-state index in [9.17, 15) is 4.79 Å². The largest absolute Gasteiger partial charge is 0 e. The maximum atomic E-state index is 11.0. The fourth-order valence-electron chi connectivity index (χ4n) is 1.36. The first-order chi connectivity index (χ1) is 5.75. The Labute approximate surface area is 118 Å². The third kappa shape index (κ3) is 2.75. The summed E-state index contributed by atoms with van der Waals surface area (Å²) in [5.74, 6) is 0.121. The summed E-state index contributed by atoms with van der Waals surface area (Å²) >= 11 is 2.95. The molecule has 0 spiro atoms. The van der Waals surface area contributed by atoms with Crippen LogP contribution in [0.15, 0.2) is 18.2 Å².